The molecule has 3 rings (SSSR count). The third-order valence-electron chi connectivity index (χ3n) is 4.57. The molecule has 0 saturated heterocycles. The van der Waals surface area contributed by atoms with Gasteiger partial charge in [-0.05, 0) is 37.3 Å². The largest absolute Gasteiger partial charge is 0.386 e. The number of nitrogens with two attached hydrogens (primary N) is 1. The molecule has 0 aliphatic rings. The van der Waals surface area contributed by atoms with Crippen molar-refractivity contribution in [1.29, 1.82) is 0 Å². The standard InChI is InChI=1S/C22H21Cl3N4O2/c1-12-18(20(30)31-28-21(26)22(2,3)4)27-29(17-10-9-15(24)11-16(17)25)19(12)13-5-7-14(23)8-6-13/h5-11H,1-4H3,(H2,26,28). The molecule has 0 fully saturated rings. The molecule has 0 radical (unpaired) electrons. The van der Waals surface area contributed by atoms with Gasteiger partial charge < -0.3 is 10.6 Å². The molecule has 2 aromatic carbocycles. The van der Waals surface area contributed by atoms with Gasteiger partial charge in [-0.1, -0.05) is 72.9 Å². The summed E-state index contributed by atoms with van der Waals surface area (Å²) in [5.41, 5.74) is 8.11. The molecule has 0 aliphatic carbocycles. The number of hydrogen-bond acceptors (Lipinski definition) is 4. The number of rotatable bonds is 4. The van der Waals surface area contributed by atoms with Crippen molar-refractivity contribution in [2.24, 2.45) is 16.3 Å². The van der Waals surface area contributed by atoms with E-state index in [1.54, 1.807) is 41.9 Å². The van der Waals surface area contributed by atoms with E-state index in [-0.39, 0.29) is 11.5 Å². The molecule has 0 saturated carbocycles. The smallest absolute Gasteiger partial charge is 0.384 e. The third-order valence-corrected chi connectivity index (χ3v) is 5.36. The molecule has 0 atom stereocenters. The van der Waals surface area contributed by atoms with Crippen molar-refractivity contribution in [3.8, 4) is 16.9 Å². The fraction of sp³-hybridized carbons (Fsp3) is 0.227. The Morgan fingerprint density at radius 1 is 1.06 bits per heavy atom. The van der Waals surface area contributed by atoms with Crippen molar-refractivity contribution in [1.82, 2.24) is 9.78 Å². The van der Waals surface area contributed by atoms with Crippen molar-refractivity contribution < 1.29 is 9.63 Å². The van der Waals surface area contributed by atoms with Crippen LogP contribution in [0.2, 0.25) is 15.1 Å². The zero-order valence-electron chi connectivity index (χ0n) is 17.4. The number of halogens is 3. The summed E-state index contributed by atoms with van der Waals surface area (Å²) in [7, 11) is 0. The summed E-state index contributed by atoms with van der Waals surface area (Å²) in [6, 6.07) is 12.2. The molecule has 0 unspecified atom stereocenters. The Morgan fingerprint density at radius 3 is 2.26 bits per heavy atom. The summed E-state index contributed by atoms with van der Waals surface area (Å²) in [4.78, 5) is 17.9. The van der Waals surface area contributed by atoms with Gasteiger partial charge in [-0.3, -0.25) is 0 Å². The van der Waals surface area contributed by atoms with Crippen molar-refractivity contribution in [3.63, 3.8) is 0 Å². The topological polar surface area (TPSA) is 82.5 Å². The average Bonchev–Trinajstić information content (AvgIpc) is 3.02. The van der Waals surface area contributed by atoms with Gasteiger partial charge in [0.2, 0.25) is 0 Å². The molecule has 6 nitrogen and oxygen atoms in total. The number of carbonyl (C=O) groups excluding carboxylic acids is 1. The van der Waals surface area contributed by atoms with E-state index in [4.69, 9.17) is 45.4 Å². The third kappa shape index (κ3) is 5.03. The molecular weight excluding hydrogens is 459 g/mol. The lowest BCUT2D eigenvalue weighted by Crippen LogP contribution is -2.29. The van der Waals surface area contributed by atoms with Crippen molar-refractivity contribution in [2.45, 2.75) is 27.7 Å². The van der Waals surface area contributed by atoms with Crippen LogP contribution in [-0.2, 0) is 4.84 Å². The van der Waals surface area contributed by atoms with Gasteiger partial charge in [0.15, 0.2) is 5.69 Å². The molecule has 2 N–H and O–H groups in total. The van der Waals surface area contributed by atoms with Crippen LogP contribution in [-0.4, -0.2) is 21.6 Å². The Kier molecular flexibility index (Phi) is 6.65. The summed E-state index contributed by atoms with van der Waals surface area (Å²) in [6.45, 7) is 7.35. The maximum Gasteiger partial charge on any atom is 0.386 e. The molecule has 0 aliphatic heterocycles. The lowest BCUT2D eigenvalue weighted by molar-refractivity contribution is 0.0503. The van der Waals surface area contributed by atoms with Crippen LogP contribution in [0.3, 0.4) is 0 Å². The Bertz CT molecular complexity index is 1160. The predicted octanol–water partition coefficient (Wildman–Crippen LogP) is 6.28. The molecule has 3 aromatic rings. The monoisotopic (exact) mass is 478 g/mol. The maximum atomic E-state index is 12.8. The van der Waals surface area contributed by atoms with E-state index in [1.165, 1.54) is 0 Å². The number of benzene rings is 2. The van der Waals surface area contributed by atoms with Crippen LogP contribution in [0.1, 0.15) is 36.8 Å². The normalized spacial score (nSPS) is 12.2. The molecule has 0 bridgehead atoms. The first-order chi connectivity index (χ1) is 14.5. The quantitative estimate of drug-likeness (QED) is 0.206. The summed E-state index contributed by atoms with van der Waals surface area (Å²) in [6.07, 6.45) is 0. The second-order valence-electron chi connectivity index (χ2n) is 7.94. The first-order valence-corrected chi connectivity index (χ1v) is 10.5. The van der Waals surface area contributed by atoms with E-state index in [0.717, 1.165) is 5.56 Å². The molecule has 31 heavy (non-hydrogen) atoms. The minimum absolute atomic E-state index is 0.0847. The lowest BCUT2D eigenvalue weighted by atomic mass is 9.96. The summed E-state index contributed by atoms with van der Waals surface area (Å²) < 4.78 is 1.57. The Hall–Kier alpha value is -2.54. The molecule has 1 aromatic heterocycles. The van der Waals surface area contributed by atoms with E-state index < -0.39 is 11.4 Å². The molecule has 162 valence electrons. The van der Waals surface area contributed by atoms with Crippen LogP contribution in [0.5, 0.6) is 0 Å². The van der Waals surface area contributed by atoms with E-state index in [1.807, 2.05) is 32.9 Å². The molecule has 1 heterocycles. The Labute approximate surface area is 195 Å². The minimum atomic E-state index is -0.733. The van der Waals surface area contributed by atoms with Gasteiger partial charge >= 0.3 is 5.97 Å². The second-order valence-corrected chi connectivity index (χ2v) is 9.22. The van der Waals surface area contributed by atoms with Crippen molar-refractivity contribution in [2.75, 3.05) is 0 Å². The van der Waals surface area contributed by atoms with Crippen LogP contribution in [0.25, 0.3) is 16.9 Å². The highest BCUT2D eigenvalue weighted by molar-refractivity contribution is 6.35. The SMILES string of the molecule is Cc1c(C(=O)ON=C(N)C(C)(C)C)nn(-c2ccc(Cl)cc2Cl)c1-c1ccc(Cl)cc1. The van der Waals surface area contributed by atoms with Gasteiger partial charge in [-0.25, -0.2) is 9.48 Å². The van der Waals surface area contributed by atoms with Gasteiger partial charge in [-0.15, -0.1) is 0 Å². The van der Waals surface area contributed by atoms with Crippen LogP contribution in [0.15, 0.2) is 47.6 Å². The zero-order chi connectivity index (χ0) is 22.9. The summed E-state index contributed by atoms with van der Waals surface area (Å²) in [5, 5.41) is 9.70. The highest BCUT2D eigenvalue weighted by Crippen LogP contribution is 2.33. The molecule has 0 amide bonds. The molecule has 0 spiro atoms. The summed E-state index contributed by atoms with van der Waals surface area (Å²) in [5.74, 6) is -0.541. The Morgan fingerprint density at radius 2 is 1.68 bits per heavy atom. The van der Waals surface area contributed by atoms with Crippen molar-refractivity contribution >= 4 is 46.6 Å². The number of aromatic nitrogens is 2. The van der Waals surface area contributed by atoms with E-state index in [0.29, 0.717) is 32.0 Å². The van der Waals surface area contributed by atoms with E-state index >= 15 is 0 Å². The fourth-order valence-electron chi connectivity index (χ4n) is 2.73. The van der Waals surface area contributed by atoms with Gasteiger partial charge in [-0.2, -0.15) is 5.10 Å². The number of amidine groups is 1. The number of oxime groups is 1. The van der Waals surface area contributed by atoms with Crippen LogP contribution >= 0.6 is 34.8 Å². The van der Waals surface area contributed by atoms with Crippen LogP contribution in [0, 0.1) is 12.3 Å². The molecular formula is C22H21Cl3N4O2. The van der Waals surface area contributed by atoms with E-state index in [2.05, 4.69) is 10.3 Å². The van der Waals surface area contributed by atoms with Gasteiger partial charge in [0.25, 0.3) is 0 Å². The highest BCUT2D eigenvalue weighted by Gasteiger charge is 2.25. The maximum absolute atomic E-state index is 12.8. The van der Waals surface area contributed by atoms with Crippen LogP contribution < -0.4 is 5.73 Å². The minimum Gasteiger partial charge on any atom is -0.384 e. The summed E-state index contributed by atoms with van der Waals surface area (Å²) >= 11 is 18.5. The van der Waals surface area contributed by atoms with Crippen molar-refractivity contribution in [3.05, 3.63) is 68.8 Å². The number of hydrogen-bond donors (Lipinski definition) is 1. The number of carbonyl (C=O) groups is 1. The van der Waals surface area contributed by atoms with Gasteiger partial charge in [0.05, 0.1) is 16.4 Å². The first kappa shape index (κ1) is 23.1. The second kappa shape index (κ2) is 8.91. The van der Waals surface area contributed by atoms with Gasteiger partial charge in [0.1, 0.15) is 5.84 Å². The Balaban J connectivity index is 2.14. The average molecular weight is 480 g/mol. The highest BCUT2D eigenvalue weighted by atomic mass is 35.5. The zero-order valence-corrected chi connectivity index (χ0v) is 19.7. The predicted molar refractivity (Wildman–Crippen MR) is 125 cm³/mol. The molecule has 9 heteroatoms. The number of nitrogens with zero attached hydrogens (tertiary/aromatic N) is 3. The van der Waals surface area contributed by atoms with Gasteiger partial charge in [0, 0.05) is 26.6 Å². The van der Waals surface area contributed by atoms with Crippen LogP contribution in [0.4, 0.5) is 0 Å². The fourth-order valence-corrected chi connectivity index (χ4v) is 3.35. The van der Waals surface area contributed by atoms with E-state index in [9.17, 15) is 4.79 Å². The lowest BCUT2D eigenvalue weighted by Gasteiger charge is -2.15. The first-order valence-electron chi connectivity index (χ1n) is 9.35.